The Hall–Kier alpha value is -3.74. The predicted molar refractivity (Wildman–Crippen MR) is 147 cm³/mol. The third-order valence-electron chi connectivity index (χ3n) is 5.24. The van der Waals surface area contributed by atoms with Gasteiger partial charge in [-0.1, -0.05) is 11.6 Å². The first-order valence-corrected chi connectivity index (χ1v) is 13.1. The molecule has 10 nitrogen and oxygen atoms in total. The molecule has 7 N–H and O–H groups in total. The van der Waals surface area contributed by atoms with Crippen molar-refractivity contribution >= 4 is 83.8 Å². The summed E-state index contributed by atoms with van der Waals surface area (Å²) < 4.78 is 27.2. The minimum atomic E-state index is -1.15. The number of halogens is 1. The van der Waals surface area contributed by atoms with E-state index in [-0.39, 0.29) is 0 Å². The minimum Gasteiger partial charge on any atom is -0.408 e. The lowest BCUT2D eigenvalue weighted by molar-refractivity contribution is 0.555. The zero-order valence-electron chi connectivity index (χ0n) is 19.1. The number of rotatable bonds is 0. The smallest absolute Gasteiger partial charge is 0.408 e. The van der Waals surface area contributed by atoms with Crippen molar-refractivity contribution in [3.63, 3.8) is 0 Å². The lowest BCUT2D eigenvalue weighted by Crippen LogP contribution is -1.93. The van der Waals surface area contributed by atoms with Crippen molar-refractivity contribution in [2.75, 3.05) is 17.2 Å². The number of aliphatic imine (C=N–C) groups is 2. The molecule has 2 aliphatic rings. The fourth-order valence-electron chi connectivity index (χ4n) is 3.22. The van der Waals surface area contributed by atoms with Gasteiger partial charge in [-0.25, -0.2) is 23.2 Å². The highest BCUT2D eigenvalue weighted by Crippen LogP contribution is 2.34. The Balaban J connectivity index is 0.000000127. The van der Waals surface area contributed by atoms with Crippen LogP contribution in [-0.4, -0.2) is 24.5 Å². The molecule has 0 aliphatic carbocycles. The first kappa shape index (κ1) is 25.4. The Morgan fingerprint density at radius 3 is 1.97 bits per heavy atom. The molecule has 36 heavy (non-hydrogen) atoms. The zero-order chi connectivity index (χ0) is 26.1. The number of aromatic amines is 1. The van der Waals surface area contributed by atoms with Gasteiger partial charge in [-0.15, -0.1) is 0 Å². The van der Waals surface area contributed by atoms with Gasteiger partial charge in [0.05, 0.1) is 70.1 Å². The molecule has 3 heterocycles. The molecule has 1 aromatic heterocycles. The summed E-state index contributed by atoms with van der Waals surface area (Å²) in [5.74, 6) is -0.449. The number of nitrogens with zero attached hydrogens (tertiary/aromatic N) is 2. The Morgan fingerprint density at radius 2 is 1.33 bits per heavy atom. The quantitative estimate of drug-likeness (QED) is 0.240. The average Bonchev–Trinajstić information content (AvgIpc) is 3.48. The summed E-state index contributed by atoms with van der Waals surface area (Å²) in [5, 5.41) is 0.449. The second kappa shape index (κ2) is 10.1. The Bertz CT molecular complexity index is 1560. The molecule has 0 saturated heterocycles. The van der Waals surface area contributed by atoms with Crippen molar-refractivity contribution in [3.8, 4) is 0 Å². The monoisotopic (exact) mass is 544 g/mol. The standard InChI is InChI=1S/C8H8N2O2.C8H8N2OS.C7H5ClN2OS/c1-4-2-6-7(3-5(4)9)12-8(11)10-6;1-5-2-7-8(3-6(5)9)12(11)4-10-7;8-4-1-6-7(2-5(4)9)12(11)3-10-6/h2-3H,9H2,1H3,(H,10,11);2-4H,9H2,1H3;1-3H,9H2. The highest BCUT2D eigenvalue weighted by molar-refractivity contribution is 7.99. The van der Waals surface area contributed by atoms with Crippen LogP contribution in [0.25, 0.3) is 11.1 Å². The molecular formula is C23H21ClN6O4S2. The lowest BCUT2D eigenvalue weighted by Gasteiger charge is -2.01. The molecule has 2 aliphatic heterocycles. The van der Waals surface area contributed by atoms with Crippen molar-refractivity contribution in [2.24, 2.45) is 9.98 Å². The third-order valence-corrected chi connectivity index (χ3v) is 7.68. The van der Waals surface area contributed by atoms with Crippen LogP contribution < -0.4 is 23.0 Å². The maximum Gasteiger partial charge on any atom is 0.417 e. The number of H-pyrrole nitrogens is 1. The average molecular weight is 545 g/mol. The lowest BCUT2D eigenvalue weighted by atomic mass is 10.2. The van der Waals surface area contributed by atoms with E-state index >= 15 is 0 Å². The minimum absolute atomic E-state index is 0.439. The molecule has 0 fully saturated rings. The highest BCUT2D eigenvalue weighted by atomic mass is 35.5. The number of benzene rings is 3. The van der Waals surface area contributed by atoms with E-state index in [1.165, 1.54) is 11.1 Å². The summed E-state index contributed by atoms with van der Waals surface area (Å²) in [6.45, 7) is 3.78. The van der Waals surface area contributed by atoms with E-state index in [0.29, 0.717) is 43.8 Å². The number of nitrogens with one attached hydrogen (secondary N) is 1. The van der Waals surface area contributed by atoms with Gasteiger partial charge < -0.3 is 21.6 Å². The van der Waals surface area contributed by atoms with Crippen LogP contribution in [0.1, 0.15) is 11.1 Å². The summed E-state index contributed by atoms with van der Waals surface area (Å²) in [4.78, 5) is 22.6. The summed E-state index contributed by atoms with van der Waals surface area (Å²) in [5.41, 5.74) is 25.9. The number of aromatic nitrogens is 1. The van der Waals surface area contributed by atoms with Crippen molar-refractivity contribution in [3.05, 3.63) is 63.1 Å². The zero-order valence-corrected chi connectivity index (χ0v) is 21.5. The molecule has 2 atom stereocenters. The van der Waals surface area contributed by atoms with Gasteiger partial charge in [0.1, 0.15) is 0 Å². The van der Waals surface area contributed by atoms with Crippen LogP contribution in [0.3, 0.4) is 0 Å². The molecule has 6 rings (SSSR count). The first-order valence-electron chi connectivity index (χ1n) is 10.3. The Kier molecular flexibility index (Phi) is 7.11. The van der Waals surface area contributed by atoms with Crippen LogP contribution >= 0.6 is 11.6 Å². The van der Waals surface area contributed by atoms with Crippen molar-refractivity contribution in [1.29, 1.82) is 0 Å². The van der Waals surface area contributed by atoms with Gasteiger partial charge in [0.2, 0.25) is 0 Å². The fourth-order valence-corrected chi connectivity index (χ4v) is 5.14. The number of aryl methyl sites for hydroxylation is 2. The third kappa shape index (κ3) is 5.25. The number of nitrogens with two attached hydrogens (primary N) is 3. The molecule has 0 amide bonds. The van der Waals surface area contributed by atoms with Gasteiger partial charge in [0.25, 0.3) is 0 Å². The molecule has 0 bridgehead atoms. The number of hydrogen-bond donors (Lipinski definition) is 4. The molecule has 4 aromatic rings. The summed E-state index contributed by atoms with van der Waals surface area (Å²) in [6, 6.07) is 10.2. The molecule has 3 aromatic carbocycles. The fraction of sp³-hybridized carbons (Fsp3) is 0.0870. The summed E-state index contributed by atoms with van der Waals surface area (Å²) >= 11 is 5.74. The second-order valence-electron chi connectivity index (χ2n) is 7.80. The number of fused-ring (bicyclic) bond motifs is 3. The largest absolute Gasteiger partial charge is 0.417 e. The van der Waals surface area contributed by atoms with E-state index in [0.717, 1.165) is 21.7 Å². The van der Waals surface area contributed by atoms with Crippen LogP contribution in [0, 0.1) is 13.8 Å². The Morgan fingerprint density at radius 1 is 0.806 bits per heavy atom. The van der Waals surface area contributed by atoms with Crippen LogP contribution in [-0.2, 0) is 21.6 Å². The van der Waals surface area contributed by atoms with Gasteiger partial charge >= 0.3 is 5.76 Å². The number of nitrogen functional groups attached to an aromatic ring is 3. The second-order valence-corrected chi connectivity index (χ2v) is 10.7. The summed E-state index contributed by atoms with van der Waals surface area (Å²) in [6.07, 6.45) is 0. The van der Waals surface area contributed by atoms with Crippen molar-refractivity contribution in [1.82, 2.24) is 4.98 Å². The van der Waals surface area contributed by atoms with Gasteiger partial charge in [-0.3, -0.25) is 4.98 Å². The van der Waals surface area contributed by atoms with Crippen LogP contribution in [0.4, 0.5) is 28.4 Å². The molecular weight excluding hydrogens is 524 g/mol. The highest BCUT2D eigenvalue weighted by Gasteiger charge is 2.16. The molecule has 2 unspecified atom stereocenters. The first-order chi connectivity index (χ1) is 17.0. The predicted octanol–water partition coefficient (Wildman–Crippen LogP) is 4.07. The van der Waals surface area contributed by atoms with Crippen molar-refractivity contribution in [2.45, 2.75) is 23.6 Å². The molecule has 13 heteroatoms. The van der Waals surface area contributed by atoms with Crippen LogP contribution in [0.2, 0.25) is 5.02 Å². The molecule has 0 spiro atoms. The van der Waals surface area contributed by atoms with Crippen LogP contribution in [0.15, 0.2) is 65.4 Å². The van der Waals surface area contributed by atoms with E-state index in [9.17, 15) is 13.2 Å². The number of anilines is 3. The van der Waals surface area contributed by atoms with Gasteiger partial charge in [-0.2, -0.15) is 0 Å². The SMILES string of the molecule is Cc1cc2[nH]c(=O)oc2cc1N.Cc1cc2c(cc1N)S(=O)C=N2.Nc1cc2c(cc1Cl)N=CS2=O. The van der Waals surface area contributed by atoms with Crippen molar-refractivity contribution < 1.29 is 12.8 Å². The van der Waals surface area contributed by atoms with E-state index < -0.39 is 27.4 Å². The van der Waals surface area contributed by atoms with Gasteiger partial charge in [0.15, 0.2) is 5.58 Å². The van der Waals surface area contributed by atoms with E-state index in [1.807, 2.05) is 19.9 Å². The number of oxazole rings is 1. The van der Waals surface area contributed by atoms with E-state index in [1.54, 1.807) is 30.3 Å². The van der Waals surface area contributed by atoms with E-state index in [4.69, 9.17) is 33.2 Å². The number of hydrogen-bond acceptors (Lipinski definition) is 9. The van der Waals surface area contributed by atoms with Crippen LogP contribution in [0.5, 0.6) is 0 Å². The Labute approximate surface area is 215 Å². The molecule has 0 saturated carbocycles. The maximum absolute atomic E-state index is 11.2. The van der Waals surface area contributed by atoms with E-state index in [2.05, 4.69) is 15.0 Å². The molecule has 186 valence electrons. The normalized spacial score (nSPS) is 16.6. The molecule has 0 radical (unpaired) electrons. The summed E-state index contributed by atoms with van der Waals surface area (Å²) in [7, 11) is -2.23. The van der Waals surface area contributed by atoms with Gasteiger partial charge in [-0.05, 0) is 55.3 Å². The van der Waals surface area contributed by atoms with Gasteiger partial charge in [0, 0.05) is 17.4 Å². The maximum atomic E-state index is 11.2. The topological polar surface area (TPSA) is 183 Å².